The summed E-state index contributed by atoms with van der Waals surface area (Å²) >= 11 is 12.7. The zero-order chi connectivity index (χ0) is 13.8. The molecule has 1 aliphatic carbocycles. The van der Waals surface area contributed by atoms with Gasteiger partial charge in [0.25, 0.3) is 0 Å². The number of hydrogen-bond donors (Lipinski definition) is 1. The SMILES string of the molecule is CCC1CCC(C(NC)c2c(Cl)cccc2Cl)CC1. The minimum absolute atomic E-state index is 0.277. The van der Waals surface area contributed by atoms with Gasteiger partial charge in [-0.05, 0) is 43.9 Å². The summed E-state index contributed by atoms with van der Waals surface area (Å²) in [6.07, 6.45) is 6.52. The molecule has 1 fully saturated rings. The Balaban J connectivity index is 2.17. The molecule has 1 saturated carbocycles. The van der Waals surface area contributed by atoms with Gasteiger partial charge in [0.2, 0.25) is 0 Å². The average Bonchev–Trinajstić information content (AvgIpc) is 2.43. The van der Waals surface area contributed by atoms with Gasteiger partial charge in [0.05, 0.1) is 0 Å². The first-order valence-electron chi connectivity index (χ1n) is 7.28. The number of benzene rings is 1. The van der Waals surface area contributed by atoms with E-state index in [-0.39, 0.29) is 6.04 Å². The fraction of sp³-hybridized carbons (Fsp3) is 0.625. The Morgan fingerprint density at radius 1 is 1.16 bits per heavy atom. The summed E-state index contributed by atoms with van der Waals surface area (Å²) in [4.78, 5) is 0. The summed E-state index contributed by atoms with van der Waals surface area (Å²) in [7, 11) is 2.01. The van der Waals surface area contributed by atoms with E-state index in [0.717, 1.165) is 21.5 Å². The number of nitrogens with one attached hydrogen (secondary N) is 1. The van der Waals surface area contributed by atoms with Crippen molar-refractivity contribution in [2.45, 2.75) is 45.1 Å². The molecular formula is C16H23Cl2N. The van der Waals surface area contributed by atoms with E-state index in [1.807, 2.05) is 25.2 Å². The second kappa shape index (κ2) is 6.97. The average molecular weight is 300 g/mol. The van der Waals surface area contributed by atoms with Gasteiger partial charge in [-0.1, -0.05) is 55.5 Å². The molecule has 0 spiro atoms. The van der Waals surface area contributed by atoms with Crippen LogP contribution in [0, 0.1) is 11.8 Å². The highest BCUT2D eigenvalue weighted by molar-refractivity contribution is 6.36. The first-order chi connectivity index (χ1) is 9.17. The van der Waals surface area contributed by atoms with Crippen molar-refractivity contribution in [3.05, 3.63) is 33.8 Å². The summed E-state index contributed by atoms with van der Waals surface area (Å²) in [5.41, 5.74) is 1.08. The Bertz CT molecular complexity index is 391. The van der Waals surface area contributed by atoms with Crippen LogP contribution in [-0.4, -0.2) is 7.05 Å². The lowest BCUT2D eigenvalue weighted by Crippen LogP contribution is -2.29. The molecule has 0 aliphatic heterocycles. The molecule has 1 aromatic carbocycles. The minimum atomic E-state index is 0.277. The van der Waals surface area contributed by atoms with Crippen LogP contribution in [0.2, 0.25) is 10.0 Å². The molecule has 2 rings (SSSR count). The van der Waals surface area contributed by atoms with Crippen LogP contribution in [0.5, 0.6) is 0 Å². The summed E-state index contributed by atoms with van der Waals surface area (Å²) in [6, 6.07) is 6.06. The smallest absolute Gasteiger partial charge is 0.0468 e. The van der Waals surface area contributed by atoms with Crippen molar-refractivity contribution >= 4 is 23.2 Å². The summed E-state index contributed by atoms with van der Waals surface area (Å²) in [5, 5.41) is 5.00. The van der Waals surface area contributed by atoms with Gasteiger partial charge >= 0.3 is 0 Å². The van der Waals surface area contributed by atoms with E-state index in [9.17, 15) is 0 Å². The monoisotopic (exact) mass is 299 g/mol. The predicted molar refractivity (Wildman–Crippen MR) is 84.0 cm³/mol. The van der Waals surface area contributed by atoms with Crippen LogP contribution in [0.15, 0.2) is 18.2 Å². The molecule has 1 unspecified atom stereocenters. The lowest BCUT2D eigenvalue weighted by molar-refractivity contribution is 0.224. The van der Waals surface area contributed by atoms with E-state index in [0.29, 0.717) is 5.92 Å². The third-order valence-electron chi connectivity index (χ3n) is 4.56. The van der Waals surface area contributed by atoms with Crippen molar-refractivity contribution in [1.29, 1.82) is 0 Å². The standard InChI is InChI=1S/C16H23Cl2N/c1-3-11-7-9-12(10-8-11)16(19-2)15-13(17)5-4-6-14(15)18/h4-6,11-12,16,19H,3,7-10H2,1-2H3. The van der Waals surface area contributed by atoms with Crippen LogP contribution >= 0.6 is 23.2 Å². The van der Waals surface area contributed by atoms with E-state index in [4.69, 9.17) is 23.2 Å². The maximum atomic E-state index is 6.35. The molecule has 0 aromatic heterocycles. The van der Waals surface area contributed by atoms with Crippen LogP contribution in [0.3, 0.4) is 0 Å². The highest BCUT2D eigenvalue weighted by atomic mass is 35.5. The first kappa shape index (κ1) is 15.2. The van der Waals surface area contributed by atoms with Gasteiger partial charge in [-0.15, -0.1) is 0 Å². The third-order valence-corrected chi connectivity index (χ3v) is 5.22. The predicted octanol–water partition coefficient (Wildman–Crippen LogP) is 5.47. The maximum Gasteiger partial charge on any atom is 0.0468 e. The molecule has 3 heteroatoms. The van der Waals surface area contributed by atoms with Crippen LogP contribution in [-0.2, 0) is 0 Å². The highest BCUT2D eigenvalue weighted by Crippen LogP contribution is 2.41. The molecule has 0 amide bonds. The van der Waals surface area contributed by atoms with E-state index in [1.54, 1.807) is 0 Å². The van der Waals surface area contributed by atoms with Gasteiger partial charge < -0.3 is 5.32 Å². The van der Waals surface area contributed by atoms with Crippen molar-refractivity contribution in [2.24, 2.45) is 11.8 Å². The summed E-state index contributed by atoms with van der Waals surface area (Å²) in [6.45, 7) is 2.30. The van der Waals surface area contributed by atoms with Gasteiger partial charge in [-0.3, -0.25) is 0 Å². The molecule has 0 heterocycles. The molecule has 19 heavy (non-hydrogen) atoms. The Hall–Kier alpha value is -0.240. The minimum Gasteiger partial charge on any atom is -0.313 e. The first-order valence-corrected chi connectivity index (χ1v) is 8.04. The lowest BCUT2D eigenvalue weighted by Gasteiger charge is -2.34. The van der Waals surface area contributed by atoms with Crippen LogP contribution in [0.25, 0.3) is 0 Å². The van der Waals surface area contributed by atoms with Crippen LogP contribution in [0.4, 0.5) is 0 Å². The molecule has 0 saturated heterocycles. The number of rotatable bonds is 4. The van der Waals surface area contributed by atoms with Gasteiger partial charge in [0.1, 0.15) is 0 Å². The van der Waals surface area contributed by atoms with Gasteiger partial charge in [0.15, 0.2) is 0 Å². The van der Waals surface area contributed by atoms with E-state index in [2.05, 4.69) is 12.2 Å². The van der Waals surface area contributed by atoms with E-state index < -0.39 is 0 Å². The Morgan fingerprint density at radius 2 is 1.74 bits per heavy atom. The lowest BCUT2D eigenvalue weighted by atomic mass is 9.76. The zero-order valence-corrected chi connectivity index (χ0v) is 13.3. The van der Waals surface area contributed by atoms with Gasteiger partial charge in [-0.25, -0.2) is 0 Å². The zero-order valence-electron chi connectivity index (χ0n) is 11.8. The third kappa shape index (κ3) is 3.45. The van der Waals surface area contributed by atoms with Gasteiger partial charge in [-0.2, -0.15) is 0 Å². The molecule has 106 valence electrons. The van der Waals surface area contributed by atoms with Crippen molar-refractivity contribution < 1.29 is 0 Å². The van der Waals surface area contributed by atoms with Crippen molar-refractivity contribution in [2.75, 3.05) is 7.05 Å². The number of hydrogen-bond acceptors (Lipinski definition) is 1. The topological polar surface area (TPSA) is 12.0 Å². The van der Waals surface area contributed by atoms with Crippen molar-refractivity contribution in [3.63, 3.8) is 0 Å². The summed E-state index contributed by atoms with van der Waals surface area (Å²) in [5.74, 6) is 1.56. The molecule has 1 atom stereocenters. The van der Waals surface area contributed by atoms with Crippen LogP contribution in [0.1, 0.15) is 50.6 Å². The second-order valence-electron chi connectivity index (χ2n) is 5.59. The fourth-order valence-electron chi connectivity index (χ4n) is 3.35. The van der Waals surface area contributed by atoms with Crippen LogP contribution < -0.4 is 5.32 Å². The Kier molecular flexibility index (Phi) is 5.56. The van der Waals surface area contributed by atoms with Crippen molar-refractivity contribution in [3.8, 4) is 0 Å². The maximum absolute atomic E-state index is 6.35. The normalized spacial score (nSPS) is 25.3. The van der Waals surface area contributed by atoms with Crippen molar-refractivity contribution in [1.82, 2.24) is 5.32 Å². The molecular weight excluding hydrogens is 277 g/mol. The molecule has 1 N–H and O–H groups in total. The van der Waals surface area contributed by atoms with E-state index >= 15 is 0 Å². The Morgan fingerprint density at radius 3 is 2.21 bits per heavy atom. The Labute approximate surface area is 126 Å². The van der Waals surface area contributed by atoms with Gasteiger partial charge in [0, 0.05) is 21.7 Å². The molecule has 0 radical (unpaired) electrons. The molecule has 1 aliphatic rings. The fourth-order valence-corrected chi connectivity index (χ4v) is 3.99. The molecule has 0 bridgehead atoms. The quantitative estimate of drug-likeness (QED) is 0.777. The second-order valence-corrected chi connectivity index (χ2v) is 6.41. The largest absolute Gasteiger partial charge is 0.313 e. The summed E-state index contributed by atoms with van der Waals surface area (Å²) < 4.78 is 0. The molecule has 1 aromatic rings. The molecule has 1 nitrogen and oxygen atoms in total. The van der Waals surface area contributed by atoms with E-state index in [1.165, 1.54) is 32.1 Å². The highest BCUT2D eigenvalue weighted by Gasteiger charge is 2.29. The number of halogens is 2.